The molecular weight excluding hydrogens is 276 g/mol. The number of thiazole rings is 1. The van der Waals surface area contributed by atoms with Crippen LogP contribution >= 0.6 is 11.3 Å². The van der Waals surface area contributed by atoms with Crippen molar-refractivity contribution in [3.8, 4) is 0 Å². The number of nitrogens with two attached hydrogens (primary N) is 1. The zero-order chi connectivity index (χ0) is 15.0. The van der Waals surface area contributed by atoms with Gasteiger partial charge in [0, 0.05) is 10.8 Å². The van der Waals surface area contributed by atoms with Crippen molar-refractivity contribution in [1.29, 1.82) is 0 Å². The van der Waals surface area contributed by atoms with Crippen LogP contribution in [0.5, 0.6) is 0 Å². The van der Waals surface area contributed by atoms with Gasteiger partial charge in [-0.25, -0.2) is 4.98 Å². The van der Waals surface area contributed by atoms with E-state index >= 15 is 0 Å². The second-order valence-electron chi connectivity index (χ2n) is 6.37. The van der Waals surface area contributed by atoms with Gasteiger partial charge < -0.3 is 5.73 Å². The molecule has 0 radical (unpaired) electrons. The highest BCUT2D eigenvalue weighted by Gasteiger charge is 2.21. The molecule has 1 aromatic heterocycles. The van der Waals surface area contributed by atoms with Crippen LogP contribution in [0.2, 0.25) is 0 Å². The third-order valence-electron chi connectivity index (χ3n) is 3.71. The van der Waals surface area contributed by atoms with E-state index in [2.05, 4.69) is 68.6 Å². The highest BCUT2D eigenvalue weighted by molar-refractivity contribution is 7.09. The first-order valence-electron chi connectivity index (χ1n) is 7.16. The second kappa shape index (κ2) is 5.24. The molecule has 1 atom stereocenters. The van der Waals surface area contributed by atoms with Gasteiger partial charge in [-0.3, -0.25) is 0 Å². The topological polar surface area (TPSA) is 38.9 Å². The lowest BCUT2D eigenvalue weighted by Gasteiger charge is -2.15. The van der Waals surface area contributed by atoms with Gasteiger partial charge in [-0.15, -0.1) is 11.3 Å². The Morgan fingerprint density at radius 2 is 1.76 bits per heavy atom. The van der Waals surface area contributed by atoms with E-state index in [1.54, 1.807) is 11.3 Å². The summed E-state index contributed by atoms with van der Waals surface area (Å²) in [5.41, 5.74) is 8.80. The summed E-state index contributed by atoms with van der Waals surface area (Å²) in [7, 11) is 0. The molecule has 0 aliphatic heterocycles. The van der Waals surface area contributed by atoms with Crippen molar-refractivity contribution in [2.75, 3.05) is 0 Å². The van der Waals surface area contributed by atoms with Crippen LogP contribution in [-0.2, 0) is 5.41 Å². The number of nitrogens with zero attached hydrogens (tertiary/aromatic N) is 1. The SMILES string of the molecule is CC(C)(C)c1csc(C(N)c2cccc3ccccc23)n1. The molecule has 2 aromatic carbocycles. The van der Waals surface area contributed by atoms with Crippen LogP contribution in [0.4, 0.5) is 0 Å². The van der Waals surface area contributed by atoms with Gasteiger partial charge in [0.1, 0.15) is 5.01 Å². The lowest BCUT2D eigenvalue weighted by molar-refractivity contribution is 0.569. The lowest BCUT2D eigenvalue weighted by atomic mass is 9.93. The minimum atomic E-state index is -0.169. The van der Waals surface area contributed by atoms with Gasteiger partial charge in [-0.1, -0.05) is 63.2 Å². The fourth-order valence-corrected chi connectivity index (χ4v) is 3.49. The van der Waals surface area contributed by atoms with Gasteiger partial charge in [-0.05, 0) is 16.3 Å². The van der Waals surface area contributed by atoms with Crippen LogP contribution < -0.4 is 5.73 Å². The summed E-state index contributed by atoms with van der Waals surface area (Å²) in [6, 6.07) is 14.5. The molecule has 0 spiro atoms. The molecule has 0 aliphatic carbocycles. The Balaban J connectivity index is 2.05. The fraction of sp³-hybridized carbons (Fsp3) is 0.278. The Hall–Kier alpha value is -1.71. The van der Waals surface area contributed by atoms with Crippen LogP contribution in [0.15, 0.2) is 47.8 Å². The Bertz CT molecular complexity index is 763. The fourth-order valence-electron chi connectivity index (χ4n) is 2.43. The molecule has 3 heteroatoms. The molecule has 0 fully saturated rings. The van der Waals surface area contributed by atoms with E-state index in [-0.39, 0.29) is 11.5 Å². The molecule has 0 bridgehead atoms. The van der Waals surface area contributed by atoms with Crippen molar-refractivity contribution in [3.05, 3.63) is 64.1 Å². The van der Waals surface area contributed by atoms with Crippen molar-refractivity contribution >= 4 is 22.1 Å². The zero-order valence-electron chi connectivity index (χ0n) is 12.6. The average molecular weight is 296 g/mol. The van der Waals surface area contributed by atoms with Crippen molar-refractivity contribution in [1.82, 2.24) is 4.98 Å². The number of rotatable bonds is 2. The highest BCUT2D eigenvalue weighted by atomic mass is 32.1. The van der Waals surface area contributed by atoms with Gasteiger partial charge >= 0.3 is 0 Å². The molecule has 0 amide bonds. The Labute approximate surface area is 129 Å². The van der Waals surface area contributed by atoms with Crippen molar-refractivity contribution in [2.45, 2.75) is 32.2 Å². The highest BCUT2D eigenvalue weighted by Crippen LogP contribution is 2.31. The summed E-state index contributed by atoms with van der Waals surface area (Å²) in [6.45, 7) is 6.53. The van der Waals surface area contributed by atoms with Crippen LogP contribution in [0.25, 0.3) is 10.8 Å². The van der Waals surface area contributed by atoms with E-state index in [4.69, 9.17) is 10.7 Å². The maximum atomic E-state index is 6.49. The van der Waals surface area contributed by atoms with Crippen LogP contribution in [0.1, 0.15) is 43.1 Å². The van der Waals surface area contributed by atoms with E-state index < -0.39 is 0 Å². The van der Waals surface area contributed by atoms with Gasteiger partial charge in [0.05, 0.1) is 11.7 Å². The number of hydrogen-bond acceptors (Lipinski definition) is 3. The molecule has 1 unspecified atom stereocenters. The largest absolute Gasteiger partial charge is 0.318 e. The normalized spacial score (nSPS) is 13.5. The first-order chi connectivity index (χ1) is 9.97. The van der Waals surface area contributed by atoms with Crippen LogP contribution in [-0.4, -0.2) is 4.98 Å². The number of aromatic nitrogens is 1. The van der Waals surface area contributed by atoms with Crippen molar-refractivity contribution in [3.63, 3.8) is 0 Å². The maximum absolute atomic E-state index is 6.49. The number of benzene rings is 2. The Kier molecular flexibility index (Phi) is 3.56. The smallest absolute Gasteiger partial charge is 0.114 e. The third kappa shape index (κ3) is 2.71. The van der Waals surface area contributed by atoms with Crippen LogP contribution in [0, 0.1) is 0 Å². The molecule has 0 aliphatic rings. The summed E-state index contributed by atoms with van der Waals surface area (Å²) in [6.07, 6.45) is 0. The van der Waals surface area contributed by atoms with Gasteiger partial charge in [0.2, 0.25) is 0 Å². The Morgan fingerprint density at radius 1 is 1.05 bits per heavy atom. The van der Waals surface area contributed by atoms with Gasteiger partial charge in [-0.2, -0.15) is 0 Å². The molecule has 0 saturated carbocycles. The van der Waals surface area contributed by atoms with E-state index in [1.807, 2.05) is 0 Å². The van der Waals surface area contributed by atoms with E-state index in [1.165, 1.54) is 10.8 Å². The minimum Gasteiger partial charge on any atom is -0.318 e. The summed E-state index contributed by atoms with van der Waals surface area (Å²) < 4.78 is 0. The zero-order valence-corrected chi connectivity index (χ0v) is 13.4. The lowest BCUT2D eigenvalue weighted by Crippen LogP contribution is -2.15. The van der Waals surface area contributed by atoms with Crippen molar-refractivity contribution < 1.29 is 0 Å². The second-order valence-corrected chi connectivity index (χ2v) is 7.26. The first kappa shape index (κ1) is 14.2. The maximum Gasteiger partial charge on any atom is 0.114 e. The minimum absolute atomic E-state index is 0.0627. The average Bonchev–Trinajstić information content (AvgIpc) is 2.96. The molecule has 0 saturated heterocycles. The summed E-state index contributed by atoms with van der Waals surface area (Å²) >= 11 is 1.65. The standard InChI is InChI=1S/C18H20N2S/c1-18(2,3)15-11-21-17(20-15)16(19)14-10-6-8-12-7-4-5-9-13(12)14/h4-11,16H,19H2,1-3H3. The summed E-state index contributed by atoms with van der Waals surface area (Å²) in [4.78, 5) is 4.76. The van der Waals surface area contributed by atoms with E-state index in [0.717, 1.165) is 16.3 Å². The number of hydrogen-bond donors (Lipinski definition) is 1. The van der Waals surface area contributed by atoms with Gasteiger partial charge in [0.15, 0.2) is 0 Å². The molecule has 3 rings (SSSR count). The first-order valence-corrected chi connectivity index (χ1v) is 8.04. The monoisotopic (exact) mass is 296 g/mol. The van der Waals surface area contributed by atoms with Crippen LogP contribution in [0.3, 0.4) is 0 Å². The molecule has 1 heterocycles. The molecular formula is C18H20N2S. The Morgan fingerprint density at radius 3 is 2.48 bits per heavy atom. The summed E-state index contributed by atoms with van der Waals surface area (Å²) in [5, 5.41) is 5.54. The summed E-state index contributed by atoms with van der Waals surface area (Å²) in [5.74, 6) is 0. The molecule has 21 heavy (non-hydrogen) atoms. The molecule has 108 valence electrons. The predicted octanol–water partition coefficient (Wildman–Crippen LogP) is 4.64. The molecule has 3 aromatic rings. The van der Waals surface area contributed by atoms with Crippen molar-refractivity contribution in [2.24, 2.45) is 5.73 Å². The van der Waals surface area contributed by atoms with E-state index in [0.29, 0.717) is 0 Å². The van der Waals surface area contributed by atoms with E-state index in [9.17, 15) is 0 Å². The number of fused-ring (bicyclic) bond motifs is 1. The quantitative estimate of drug-likeness (QED) is 0.748. The molecule has 2 N–H and O–H groups in total. The predicted molar refractivity (Wildman–Crippen MR) is 90.8 cm³/mol. The molecule has 2 nitrogen and oxygen atoms in total. The van der Waals surface area contributed by atoms with Gasteiger partial charge in [0.25, 0.3) is 0 Å². The third-order valence-corrected chi connectivity index (χ3v) is 4.64.